The fraction of sp³-hybridized carbons (Fsp3) is 0.429. The predicted octanol–water partition coefficient (Wildman–Crippen LogP) is 1.68. The molecule has 3 aliphatic heterocycles. The molecule has 1 N–H and O–H groups in total. The van der Waals surface area contributed by atoms with Gasteiger partial charge in [-0.15, -0.1) is 0 Å². The average Bonchev–Trinajstić information content (AvgIpc) is 3.13. The molecule has 164 valence electrons. The second kappa shape index (κ2) is 7.47. The number of nitrogens with one attached hydrogen (secondary N) is 1. The standard InChI is InChI=1S/C21H24N4O5S/c1-29-17-4-2-3-16(9-17)23-20(26)24-12-18-10-19-21(13-24,30-18)14-25(31(19,27)28)11-15-5-7-22-8-6-15/h2-9,18-19H,10-14H2,1H3,(H,23,26)/t18-,19+,21+/m1/s1. The van der Waals surface area contributed by atoms with Gasteiger partial charge in [-0.3, -0.25) is 4.98 Å². The Morgan fingerprint density at radius 1 is 1.29 bits per heavy atom. The van der Waals surface area contributed by atoms with E-state index in [1.54, 1.807) is 60.8 Å². The summed E-state index contributed by atoms with van der Waals surface area (Å²) < 4.78 is 39.4. The quantitative estimate of drug-likeness (QED) is 0.770. The second-order valence-electron chi connectivity index (χ2n) is 8.24. The first kappa shape index (κ1) is 20.2. The summed E-state index contributed by atoms with van der Waals surface area (Å²) in [4.78, 5) is 18.6. The van der Waals surface area contributed by atoms with Crippen LogP contribution in [-0.4, -0.2) is 72.3 Å². The number of rotatable bonds is 4. The van der Waals surface area contributed by atoms with Crippen molar-refractivity contribution >= 4 is 21.7 Å². The summed E-state index contributed by atoms with van der Waals surface area (Å²) in [6.45, 7) is 1.11. The fourth-order valence-electron chi connectivity index (χ4n) is 4.84. The molecule has 2 bridgehead atoms. The van der Waals surface area contributed by atoms with E-state index in [1.165, 1.54) is 4.31 Å². The summed E-state index contributed by atoms with van der Waals surface area (Å²) in [5, 5.41) is 2.25. The van der Waals surface area contributed by atoms with Gasteiger partial charge in [-0.2, -0.15) is 4.31 Å². The lowest BCUT2D eigenvalue weighted by molar-refractivity contribution is -0.0946. The zero-order chi connectivity index (χ0) is 21.6. The number of sulfonamides is 1. The van der Waals surface area contributed by atoms with Crippen molar-refractivity contribution in [3.63, 3.8) is 0 Å². The van der Waals surface area contributed by atoms with E-state index in [0.29, 0.717) is 24.4 Å². The number of hydrogen-bond donors (Lipinski definition) is 1. The van der Waals surface area contributed by atoms with Gasteiger partial charge in [-0.25, -0.2) is 13.2 Å². The summed E-state index contributed by atoms with van der Waals surface area (Å²) in [6.07, 6.45) is 3.41. The minimum absolute atomic E-state index is 0.232. The molecule has 3 atom stereocenters. The summed E-state index contributed by atoms with van der Waals surface area (Å²) >= 11 is 0. The van der Waals surface area contributed by atoms with Crippen molar-refractivity contribution in [1.82, 2.24) is 14.2 Å². The minimum Gasteiger partial charge on any atom is -0.497 e. The highest BCUT2D eigenvalue weighted by Gasteiger charge is 2.65. The highest BCUT2D eigenvalue weighted by Crippen LogP contribution is 2.47. The second-order valence-corrected chi connectivity index (χ2v) is 10.4. The van der Waals surface area contributed by atoms with Crippen molar-refractivity contribution in [2.45, 2.75) is 29.9 Å². The van der Waals surface area contributed by atoms with Crippen LogP contribution in [0.15, 0.2) is 48.8 Å². The van der Waals surface area contributed by atoms with Gasteiger partial charge in [0.15, 0.2) is 0 Å². The van der Waals surface area contributed by atoms with E-state index < -0.39 is 20.9 Å². The number of hydrogen-bond acceptors (Lipinski definition) is 6. The lowest BCUT2D eigenvalue weighted by Gasteiger charge is -2.39. The van der Waals surface area contributed by atoms with Gasteiger partial charge in [0.1, 0.15) is 16.6 Å². The minimum atomic E-state index is -3.53. The summed E-state index contributed by atoms with van der Waals surface area (Å²) in [7, 11) is -1.96. The van der Waals surface area contributed by atoms with E-state index in [-0.39, 0.29) is 31.8 Å². The van der Waals surface area contributed by atoms with Crippen LogP contribution in [0.1, 0.15) is 12.0 Å². The molecule has 0 unspecified atom stereocenters. The number of fused-ring (bicyclic) bond motifs is 1. The van der Waals surface area contributed by atoms with Crippen molar-refractivity contribution in [1.29, 1.82) is 0 Å². The van der Waals surface area contributed by atoms with Crippen LogP contribution in [0, 0.1) is 0 Å². The number of aromatic nitrogens is 1. The molecule has 0 saturated carbocycles. The zero-order valence-corrected chi connectivity index (χ0v) is 17.9. The smallest absolute Gasteiger partial charge is 0.322 e. The average molecular weight is 445 g/mol. The Bertz CT molecular complexity index is 1100. The molecular weight excluding hydrogens is 420 g/mol. The van der Waals surface area contributed by atoms with Gasteiger partial charge < -0.3 is 19.7 Å². The summed E-state index contributed by atoms with van der Waals surface area (Å²) in [5.41, 5.74) is 0.589. The molecule has 5 rings (SSSR count). The maximum absolute atomic E-state index is 13.3. The monoisotopic (exact) mass is 444 g/mol. The Balaban J connectivity index is 1.34. The van der Waals surface area contributed by atoms with Crippen LogP contribution in [0.3, 0.4) is 0 Å². The molecule has 9 nitrogen and oxygen atoms in total. The SMILES string of the molecule is COc1cccc(NC(=O)N2C[C@H]3C[C@H]4[C@](C2)(CN(Cc2ccncc2)S4(=O)=O)O3)c1. The molecule has 4 heterocycles. The Morgan fingerprint density at radius 3 is 2.87 bits per heavy atom. The van der Waals surface area contributed by atoms with Crippen molar-refractivity contribution in [2.75, 3.05) is 32.1 Å². The van der Waals surface area contributed by atoms with Gasteiger partial charge in [-0.1, -0.05) is 6.07 Å². The van der Waals surface area contributed by atoms with Crippen LogP contribution in [-0.2, 0) is 21.3 Å². The van der Waals surface area contributed by atoms with Crippen molar-refractivity contribution in [2.24, 2.45) is 0 Å². The molecule has 31 heavy (non-hydrogen) atoms. The Kier molecular flexibility index (Phi) is 4.87. The maximum Gasteiger partial charge on any atom is 0.322 e. The number of nitrogens with zero attached hydrogens (tertiary/aromatic N) is 3. The largest absolute Gasteiger partial charge is 0.497 e. The number of ether oxygens (including phenoxy) is 2. The third-order valence-corrected chi connectivity index (χ3v) is 8.55. The molecule has 2 amide bonds. The highest BCUT2D eigenvalue weighted by molar-refractivity contribution is 7.90. The molecule has 0 radical (unpaired) electrons. The lowest BCUT2D eigenvalue weighted by atomic mass is 9.99. The number of amides is 2. The molecule has 1 spiro atoms. The molecule has 3 fully saturated rings. The van der Waals surface area contributed by atoms with Crippen LogP contribution >= 0.6 is 0 Å². The van der Waals surface area contributed by atoms with Gasteiger partial charge in [0.05, 0.1) is 19.8 Å². The number of likely N-dealkylation sites (tertiary alicyclic amines) is 1. The van der Waals surface area contributed by atoms with Crippen LogP contribution in [0.4, 0.5) is 10.5 Å². The van der Waals surface area contributed by atoms with E-state index in [9.17, 15) is 13.2 Å². The normalized spacial score (nSPS) is 28.9. The number of morpholine rings is 1. The van der Waals surface area contributed by atoms with Gasteiger partial charge in [-0.05, 0) is 36.2 Å². The number of benzene rings is 1. The van der Waals surface area contributed by atoms with E-state index in [1.807, 2.05) is 0 Å². The number of anilines is 1. The molecule has 1 aromatic carbocycles. The lowest BCUT2D eigenvalue weighted by Crippen LogP contribution is -2.57. The van der Waals surface area contributed by atoms with Crippen LogP contribution in [0.2, 0.25) is 0 Å². The highest BCUT2D eigenvalue weighted by atomic mass is 32.2. The van der Waals surface area contributed by atoms with Gasteiger partial charge in [0.2, 0.25) is 10.0 Å². The van der Waals surface area contributed by atoms with E-state index in [2.05, 4.69) is 10.3 Å². The molecular formula is C21H24N4O5S. The first-order valence-electron chi connectivity index (χ1n) is 10.2. The van der Waals surface area contributed by atoms with Crippen LogP contribution in [0.5, 0.6) is 5.75 Å². The first-order chi connectivity index (χ1) is 14.9. The third kappa shape index (κ3) is 3.54. The van der Waals surface area contributed by atoms with Crippen molar-refractivity contribution < 1.29 is 22.7 Å². The zero-order valence-electron chi connectivity index (χ0n) is 17.1. The van der Waals surface area contributed by atoms with E-state index in [4.69, 9.17) is 9.47 Å². The van der Waals surface area contributed by atoms with Crippen molar-refractivity contribution in [3.05, 3.63) is 54.4 Å². The molecule has 3 aliphatic rings. The molecule has 0 aliphatic carbocycles. The van der Waals surface area contributed by atoms with Crippen molar-refractivity contribution in [3.8, 4) is 5.75 Å². The van der Waals surface area contributed by atoms with Crippen LogP contribution < -0.4 is 10.1 Å². The molecule has 3 saturated heterocycles. The Labute approximate surface area is 181 Å². The Hall–Kier alpha value is -2.69. The van der Waals surface area contributed by atoms with E-state index in [0.717, 1.165) is 5.56 Å². The first-order valence-corrected chi connectivity index (χ1v) is 11.7. The van der Waals surface area contributed by atoms with Crippen LogP contribution in [0.25, 0.3) is 0 Å². The number of pyridine rings is 1. The van der Waals surface area contributed by atoms with E-state index >= 15 is 0 Å². The fourth-order valence-corrected chi connectivity index (χ4v) is 7.13. The maximum atomic E-state index is 13.3. The number of urea groups is 1. The van der Waals surface area contributed by atoms with Gasteiger partial charge in [0, 0.05) is 43.8 Å². The Morgan fingerprint density at radius 2 is 2.10 bits per heavy atom. The molecule has 10 heteroatoms. The van der Waals surface area contributed by atoms with Gasteiger partial charge in [0.25, 0.3) is 0 Å². The number of carbonyl (C=O) groups is 1. The topological polar surface area (TPSA) is 101 Å². The van der Waals surface area contributed by atoms with Gasteiger partial charge >= 0.3 is 6.03 Å². The summed E-state index contributed by atoms with van der Waals surface area (Å²) in [5.74, 6) is 0.646. The summed E-state index contributed by atoms with van der Waals surface area (Å²) in [6, 6.07) is 10.5. The number of carbonyl (C=O) groups excluding carboxylic acids is 1. The predicted molar refractivity (Wildman–Crippen MR) is 113 cm³/mol. The molecule has 1 aromatic heterocycles. The number of methoxy groups -OCH3 is 1. The molecule has 2 aromatic rings. The third-order valence-electron chi connectivity index (χ3n) is 6.23.